The van der Waals surface area contributed by atoms with E-state index in [1.54, 1.807) is 7.11 Å². The van der Waals surface area contributed by atoms with Gasteiger partial charge < -0.3 is 4.74 Å². The van der Waals surface area contributed by atoms with Crippen LogP contribution in [-0.2, 0) is 6.54 Å². The summed E-state index contributed by atoms with van der Waals surface area (Å²) in [6.07, 6.45) is 0. The van der Waals surface area contributed by atoms with Gasteiger partial charge in [0.2, 0.25) is 0 Å². The van der Waals surface area contributed by atoms with Crippen LogP contribution < -0.4 is 4.74 Å². The predicted octanol–water partition coefficient (Wildman–Crippen LogP) is 2.32. The maximum atomic E-state index is 5.66. The van der Waals surface area contributed by atoms with Crippen molar-refractivity contribution in [2.24, 2.45) is 0 Å². The molecule has 0 bridgehead atoms. The van der Waals surface area contributed by atoms with Gasteiger partial charge in [-0.25, -0.2) is 0 Å². The molecular weight excluding hydrogens is 186 g/mol. The molecule has 0 aliphatic rings. The summed E-state index contributed by atoms with van der Waals surface area (Å²) in [5.74, 6) is 0.886. The van der Waals surface area contributed by atoms with Gasteiger partial charge in [0.05, 0.1) is 13.1 Å². The Morgan fingerprint density at radius 1 is 1.31 bits per heavy atom. The Balaban J connectivity index is 2.58. The number of alkyl halides is 1. The van der Waals surface area contributed by atoms with Gasteiger partial charge in [-0.05, 0) is 24.7 Å². The molecule has 0 aliphatic carbocycles. The van der Waals surface area contributed by atoms with E-state index in [4.69, 9.17) is 16.3 Å². The summed E-state index contributed by atoms with van der Waals surface area (Å²) in [6, 6.07) is 8.55. The maximum Gasteiger partial charge on any atom is 0.118 e. The van der Waals surface area contributed by atoms with Crippen LogP contribution in [0, 0.1) is 0 Å². The molecule has 1 aromatic rings. The SMILES string of the molecule is COc1ccc(CN(C)CCl)cc1. The van der Waals surface area contributed by atoms with Crippen molar-refractivity contribution in [1.82, 2.24) is 4.90 Å². The Labute approximate surface area is 84.1 Å². The molecule has 0 aromatic heterocycles. The summed E-state index contributed by atoms with van der Waals surface area (Å²) in [5, 5.41) is 0. The highest BCUT2D eigenvalue weighted by molar-refractivity contribution is 6.17. The molecule has 0 atom stereocenters. The minimum absolute atomic E-state index is 0.548. The largest absolute Gasteiger partial charge is 0.497 e. The fraction of sp³-hybridized carbons (Fsp3) is 0.400. The lowest BCUT2D eigenvalue weighted by Crippen LogP contribution is -2.15. The van der Waals surface area contributed by atoms with Gasteiger partial charge in [-0.3, -0.25) is 4.90 Å². The first kappa shape index (κ1) is 10.4. The van der Waals surface area contributed by atoms with Crippen LogP contribution in [0.1, 0.15) is 5.56 Å². The molecule has 0 heterocycles. The lowest BCUT2D eigenvalue weighted by Gasteiger charge is -2.12. The fourth-order valence-corrected chi connectivity index (χ4v) is 1.17. The van der Waals surface area contributed by atoms with Gasteiger partial charge in [-0.15, -0.1) is 11.6 Å². The van der Waals surface area contributed by atoms with Crippen LogP contribution in [0.15, 0.2) is 24.3 Å². The molecule has 0 N–H and O–H groups in total. The lowest BCUT2D eigenvalue weighted by atomic mass is 10.2. The molecule has 72 valence electrons. The van der Waals surface area contributed by atoms with E-state index in [1.165, 1.54) is 5.56 Å². The van der Waals surface area contributed by atoms with Crippen LogP contribution >= 0.6 is 11.6 Å². The zero-order valence-corrected chi connectivity index (χ0v) is 8.71. The van der Waals surface area contributed by atoms with Gasteiger partial charge in [0.25, 0.3) is 0 Å². The van der Waals surface area contributed by atoms with Crippen molar-refractivity contribution in [3.05, 3.63) is 29.8 Å². The third-order valence-electron chi connectivity index (χ3n) is 1.82. The van der Waals surface area contributed by atoms with E-state index in [1.807, 2.05) is 36.2 Å². The van der Waals surface area contributed by atoms with Gasteiger partial charge in [0.1, 0.15) is 5.75 Å². The number of hydrogen-bond donors (Lipinski definition) is 0. The molecule has 0 aliphatic heterocycles. The number of benzene rings is 1. The van der Waals surface area contributed by atoms with Crippen molar-refractivity contribution in [1.29, 1.82) is 0 Å². The monoisotopic (exact) mass is 199 g/mol. The second-order valence-electron chi connectivity index (χ2n) is 2.98. The molecule has 2 nitrogen and oxygen atoms in total. The molecular formula is C10H14ClNO. The van der Waals surface area contributed by atoms with Gasteiger partial charge >= 0.3 is 0 Å². The normalized spacial score (nSPS) is 10.5. The first-order chi connectivity index (χ1) is 6.26. The second-order valence-corrected chi connectivity index (χ2v) is 3.22. The highest BCUT2D eigenvalue weighted by Crippen LogP contribution is 2.12. The van der Waals surface area contributed by atoms with Gasteiger partial charge in [0.15, 0.2) is 0 Å². The van der Waals surface area contributed by atoms with Gasteiger partial charge in [-0.1, -0.05) is 12.1 Å². The highest BCUT2D eigenvalue weighted by Gasteiger charge is 1.98. The standard InChI is InChI=1S/C10H14ClNO/c1-12(8-11)7-9-3-5-10(13-2)6-4-9/h3-6H,7-8H2,1-2H3. The predicted molar refractivity (Wildman–Crippen MR) is 55.2 cm³/mol. The third-order valence-corrected chi connectivity index (χ3v) is 2.22. The van der Waals surface area contributed by atoms with Crippen molar-refractivity contribution in [3.63, 3.8) is 0 Å². The molecule has 1 rings (SSSR count). The topological polar surface area (TPSA) is 12.5 Å². The minimum Gasteiger partial charge on any atom is -0.497 e. The zero-order valence-electron chi connectivity index (χ0n) is 7.96. The summed E-state index contributed by atoms with van der Waals surface area (Å²) in [6.45, 7) is 0.869. The van der Waals surface area contributed by atoms with E-state index in [-0.39, 0.29) is 0 Å². The van der Waals surface area contributed by atoms with Crippen molar-refractivity contribution >= 4 is 11.6 Å². The molecule has 0 fully saturated rings. The number of halogens is 1. The Morgan fingerprint density at radius 2 is 1.92 bits per heavy atom. The van der Waals surface area contributed by atoms with Crippen LogP contribution in [0.5, 0.6) is 5.75 Å². The lowest BCUT2D eigenvalue weighted by molar-refractivity contribution is 0.381. The van der Waals surface area contributed by atoms with E-state index in [0.29, 0.717) is 6.00 Å². The minimum atomic E-state index is 0.548. The number of methoxy groups -OCH3 is 1. The van der Waals surface area contributed by atoms with Crippen molar-refractivity contribution < 1.29 is 4.74 Å². The first-order valence-electron chi connectivity index (χ1n) is 4.13. The van der Waals surface area contributed by atoms with E-state index in [2.05, 4.69) is 0 Å². The molecule has 0 spiro atoms. The molecule has 0 saturated carbocycles. The van der Waals surface area contributed by atoms with Crippen molar-refractivity contribution in [2.75, 3.05) is 20.2 Å². The van der Waals surface area contributed by atoms with Crippen LogP contribution in [0.25, 0.3) is 0 Å². The zero-order chi connectivity index (χ0) is 9.68. The summed E-state index contributed by atoms with van der Waals surface area (Å²) in [5.41, 5.74) is 1.24. The molecule has 0 saturated heterocycles. The molecule has 1 aromatic carbocycles. The molecule has 13 heavy (non-hydrogen) atoms. The smallest absolute Gasteiger partial charge is 0.118 e. The molecule has 0 unspecified atom stereocenters. The summed E-state index contributed by atoms with van der Waals surface area (Å²) in [7, 11) is 3.65. The number of nitrogens with zero attached hydrogens (tertiary/aromatic N) is 1. The van der Waals surface area contributed by atoms with Gasteiger partial charge in [-0.2, -0.15) is 0 Å². The fourth-order valence-electron chi connectivity index (χ4n) is 1.08. The summed E-state index contributed by atoms with van der Waals surface area (Å²) >= 11 is 5.66. The summed E-state index contributed by atoms with van der Waals surface area (Å²) in [4.78, 5) is 2.03. The van der Waals surface area contributed by atoms with Crippen LogP contribution in [-0.4, -0.2) is 25.1 Å². The second kappa shape index (κ2) is 5.10. The average molecular weight is 200 g/mol. The Kier molecular flexibility index (Phi) is 4.06. The third kappa shape index (κ3) is 3.25. The maximum absolute atomic E-state index is 5.66. The average Bonchev–Trinajstić information content (AvgIpc) is 2.19. The quantitative estimate of drug-likeness (QED) is 0.545. The van der Waals surface area contributed by atoms with E-state index in [9.17, 15) is 0 Å². The molecule has 0 amide bonds. The number of hydrogen-bond acceptors (Lipinski definition) is 2. The van der Waals surface area contributed by atoms with Crippen molar-refractivity contribution in [2.45, 2.75) is 6.54 Å². The first-order valence-corrected chi connectivity index (χ1v) is 4.67. The highest BCUT2D eigenvalue weighted by atomic mass is 35.5. The Hall–Kier alpha value is -0.730. The molecule has 3 heteroatoms. The number of ether oxygens (including phenoxy) is 1. The van der Waals surface area contributed by atoms with Crippen LogP contribution in [0.3, 0.4) is 0 Å². The van der Waals surface area contributed by atoms with Crippen LogP contribution in [0.4, 0.5) is 0 Å². The van der Waals surface area contributed by atoms with Crippen molar-refractivity contribution in [3.8, 4) is 5.75 Å². The summed E-state index contributed by atoms with van der Waals surface area (Å²) < 4.78 is 5.06. The Morgan fingerprint density at radius 3 is 2.38 bits per heavy atom. The number of rotatable bonds is 4. The van der Waals surface area contributed by atoms with E-state index < -0.39 is 0 Å². The van der Waals surface area contributed by atoms with E-state index >= 15 is 0 Å². The van der Waals surface area contributed by atoms with E-state index in [0.717, 1.165) is 12.3 Å². The van der Waals surface area contributed by atoms with Crippen LogP contribution in [0.2, 0.25) is 0 Å². The van der Waals surface area contributed by atoms with Gasteiger partial charge in [0, 0.05) is 6.54 Å². The Bertz CT molecular complexity index is 248. The molecule has 0 radical (unpaired) electrons.